The second-order valence-corrected chi connectivity index (χ2v) is 6.54. The molecule has 0 saturated heterocycles. The Hall–Kier alpha value is -0.830. The average molecular weight is 249 g/mol. The summed E-state index contributed by atoms with van der Waals surface area (Å²) in [6, 6.07) is 3.01. The average Bonchev–Trinajstić information content (AvgIpc) is 3.04. The molecular formula is C15H27N3. The normalized spacial score (nSPS) is 19.2. The Balaban J connectivity index is 2.06. The van der Waals surface area contributed by atoms with Crippen LogP contribution in [-0.4, -0.2) is 22.4 Å². The zero-order valence-electron chi connectivity index (χ0n) is 12.5. The van der Waals surface area contributed by atoms with Gasteiger partial charge in [0.2, 0.25) is 0 Å². The number of nitrogens with one attached hydrogen (secondary N) is 1. The van der Waals surface area contributed by atoms with Gasteiger partial charge in [-0.05, 0) is 43.6 Å². The second kappa shape index (κ2) is 5.04. The van der Waals surface area contributed by atoms with Crippen molar-refractivity contribution in [3.05, 3.63) is 17.5 Å². The van der Waals surface area contributed by atoms with Crippen LogP contribution in [0.1, 0.15) is 45.0 Å². The van der Waals surface area contributed by atoms with Crippen molar-refractivity contribution in [2.75, 3.05) is 6.54 Å². The summed E-state index contributed by atoms with van der Waals surface area (Å²) in [6.45, 7) is 10.2. The lowest BCUT2D eigenvalue weighted by Gasteiger charge is -2.34. The van der Waals surface area contributed by atoms with Gasteiger partial charge >= 0.3 is 0 Å². The Morgan fingerprint density at radius 1 is 1.50 bits per heavy atom. The molecule has 1 heterocycles. The van der Waals surface area contributed by atoms with Gasteiger partial charge in [0.15, 0.2) is 0 Å². The van der Waals surface area contributed by atoms with Gasteiger partial charge in [0, 0.05) is 25.3 Å². The molecule has 0 aromatic carbocycles. The summed E-state index contributed by atoms with van der Waals surface area (Å²) < 4.78 is 2.03. The van der Waals surface area contributed by atoms with Crippen molar-refractivity contribution < 1.29 is 0 Å². The third kappa shape index (κ3) is 3.14. The highest BCUT2D eigenvalue weighted by atomic mass is 15.3. The van der Waals surface area contributed by atoms with Gasteiger partial charge in [-0.3, -0.25) is 4.68 Å². The summed E-state index contributed by atoms with van der Waals surface area (Å²) in [4.78, 5) is 0. The van der Waals surface area contributed by atoms with Gasteiger partial charge in [-0.25, -0.2) is 0 Å². The zero-order chi connectivity index (χ0) is 13.3. The van der Waals surface area contributed by atoms with Gasteiger partial charge in [0.05, 0.1) is 5.69 Å². The summed E-state index contributed by atoms with van der Waals surface area (Å²) in [7, 11) is 2.05. The number of nitrogens with zero attached hydrogens (tertiary/aromatic N) is 2. The van der Waals surface area contributed by atoms with E-state index in [-0.39, 0.29) is 0 Å². The molecule has 3 heteroatoms. The maximum atomic E-state index is 4.46. The molecule has 1 aliphatic rings. The van der Waals surface area contributed by atoms with E-state index in [2.05, 4.69) is 51.2 Å². The largest absolute Gasteiger partial charge is 0.313 e. The Bertz CT molecular complexity index is 404. The molecule has 2 rings (SSSR count). The van der Waals surface area contributed by atoms with Crippen LogP contribution in [0, 0.1) is 18.3 Å². The Kier molecular flexibility index (Phi) is 3.81. The van der Waals surface area contributed by atoms with E-state index >= 15 is 0 Å². The predicted octanol–water partition coefficient (Wildman–Crippen LogP) is 2.69. The summed E-state index contributed by atoms with van der Waals surface area (Å²) in [5.74, 6) is 0.666. The first-order chi connectivity index (χ1) is 8.40. The molecule has 1 aliphatic carbocycles. The van der Waals surface area contributed by atoms with Crippen LogP contribution in [0.15, 0.2) is 6.07 Å². The monoisotopic (exact) mass is 249 g/mol. The molecule has 0 bridgehead atoms. The minimum Gasteiger partial charge on any atom is -0.313 e. The highest BCUT2D eigenvalue weighted by Gasteiger charge is 2.32. The molecule has 3 nitrogen and oxygen atoms in total. The molecule has 0 aliphatic heterocycles. The van der Waals surface area contributed by atoms with Gasteiger partial charge < -0.3 is 5.32 Å². The molecule has 1 aromatic heterocycles. The molecule has 1 aromatic rings. The van der Waals surface area contributed by atoms with Crippen LogP contribution in [0.25, 0.3) is 0 Å². The maximum Gasteiger partial charge on any atom is 0.0596 e. The number of hydrogen-bond acceptors (Lipinski definition) is 2. The van der Waals surface area contributed by atoms with Gasteiger partial charge in [0.1, 0.15) is 0 Å². The molecule has 0 spiro atoms. The van der Waals surface area contributed by atoms with Crippen LogP contribution < -0.4 is 5.32 Å². The minimum absolute atomic E-state index is 0.308. The predicted molar refractivity (Wildman–Crippen MR) is 75.6 cm³/mol. The highest BCUT2D eigenvalue weighted by molar-refractivity contribution is 5.11. The number of hydrogen-bond donors (Lipinski definition) is 1. The molecular weight excluding hydrogens is 222 g/mol. The van der Waals surface area contributed by atoms with E-state index in [4.69, 9.17) is 0 Å². The Morgan fingerprint density at radius 2 is 2.17 bits per heavy atom. The second-order valence-electron chi connectivity index (χ2n) is 6.54. The van der Waals surface area contributed by atoms with Crippen molar-refractivity contribution >= 4 is 0 Å². The lowest BCUT2D eigenvalue weighted by atomic mass is 9.75. The Morgan fingerprint density at radius 3 is 2.61 bits per heavy atom. The molecule has 0 radical (unpaired) electrons. The van der Waals surface area contributed by atoms with E-state index in [1.807, 2.05) is 4.68 Å². The molecule has 1 fully saturated rings. The smallest absolute Gasteiger partial charge is 0.0596 e. The number of aromatic nitrogens is 2. The third-order valence-electron chi connectivity index (χ3n) is 4.45. The standard InChI is InChI=1S/C15H27N3/c1-11(2)15(4,10-16-13-6-7-13)9-14-8-12(3)17-18(14)5/h8,11,13,16H,6-7,9-10H2,1-5H3. The molecule has 1 N–H and O–H groups in total. The Labute approximate surface area is 111 Å². The van der Waals surface area contributed by atoms with Crippen LogP contribution in [0.3, 0.4) is 0 Å². The van der Waals surface area contributed by atoms with Gasteiger partial charge in [0.25, 0.3) is 0 Å². The first-order valence-electron chi connectivity index (χ1n) is 7.13. The first kappa shape index (κ1) is 13.6. The van der Waals surface area contributed by atoms with Crippen LogP contribution in [0.2, 0.25) is 0 Å². The van der Waals surface area contributed by atoms with E-state index in [1.54, 1.807) is 0 Å². The molecule has 1 saturated carbocycles. The molecule has 102 valence electrons. The first-order valence-corrected chi connectivity index (χ1v) is 7.13. The summed E-state index contributed by atoms with van der Waals surface area (Å²) in [5.41, 5.74) is 2.78. The van der Waals surface area contributed by atoms with E-state index in [0.717, 1.165) is 24.7 Å². The van der Waals surface area contributed by atoms with Crippen LogP contribution in [-0.2, 0) is 13.5 Å². The number of aryl methyl sites for hydroxylation is 2. The fourth-order valence-corrected chi connectivity index (χ4v) is 2.38. The van der Waals surface area contributed by atoms with Gasteiger partial charge in [-0.1, -0.05) is 20.8 Å². The van der Waals surface area contributed by atoms with Crippen molar-refractivity contribution in [1.82, 2.24) is 15.1 Å². The summed E-state index contributed by atoms with van der Waals surface area (Å²) in [5, 5.41) is 8.15. The van der Waals surface area contributed by atoms with Crippen molar-refractivity contribution in [2.24, 2.45) is 18.4 Å². The fourth-order valence-electron chi connectivity index (χ4n) is 2.38. The molecule has 18 heavy (non-hydrogen) atoms. The fraction of sp³-hybridized carbons (Fsp3) is 0.800. The van der Waals surface area contributed by atoms with Crippen molar-refractivity contribution in [3.8, 4) is 0 Å². The highest BCUT2D eigenvalue weighted by Crippen LogP contribution is 2.32. The lowest BCUT2D eigenvalue weighted by Crippen LogP contribution is -2.39. The lowest BCUT2D eigenvalue weighted by molar-refractivity contribution is 0.202. The zero-order valence-corrected chi connectivity index (χ0v) is 12.5. The number of rotatable bonds is 6. The quantitative estimate of drug-likeness (QED) is 0.840. The van der Waals surface area contributed by atoms with Crippen molar-refractivity contribution in [2.45, 2.75) is 53.0 Å². The van der Waals surface area contributed by atoms with E-state index in [9.17, 15) is 0 Å². The van der Waals surface area contributed by atoms with Crippen molar-refractivity contribution in [1.29, 1.82) is 0 Å². The SMILES string of the molecule is Cc1cc(CC(C)(CNC2CC2)C(C)C)n(C)n1. The summed E-state index contributed by atoms with van der Waals surface area (Å²) in [6.07, 6.45) is 3.82. The van der Waals surface area contributed by atoms with Crippen LogP contribution in [0.4, 0.5) is 0 Å². The van der Waals surface area contributed by atoms with E-state index < -0.39 is 0 Å². The van der Waals surface area contributed by atoms with E-state index in [1.165, 1.54) is 18.5 Å². The molecule has 1 unspecified atom stereocenters. The van der Waals surface area contributed by atoms with Crippen molar-refractivity contribution in [3.63, 3.8) is 0 Å². The minimum atomic E-state index is 0.308. The maximum absolute atomic E-state index is 4.46. The third-order valence-corrected chi connectivity index (χ3v) is 4.45. The van der Waals surface area contributed by atoms with Gasteiger partial charge in [-0.15, -0.1) is 0 Å². The van der Waals surface area contributed by atoms with Crippen LogP contribution in [0.5, 0.6) is 0 Å². The van der Waals surface area contributed by atoms with E-state index in [0.29, 0.717) is 11.3 Å². The topological polar surface area (TPSA) is 29.9 Å². The summed E-state index contributed by atoms with van der Waals surface area (Å²) >= 11 is 0. The van der Waals surface area contributed by atoms with Gasteiger partial charge in [-0.2, -0.15) is 5.10 Å². The molecule has 0 amide bonds. The molecule has 1 atom stereocenters. The van der Waals surface area contributed by atoms with Crippen LogP contribution >= 0.6 is 0 Å².